The molecule has 5 N–H and O–H groups in total. The van der Waals surface area contributed by atoms with E-state index in [0.29, 0.717) is 0 Å². The molecule has 0 unspecified atom stereocenters. The van der Waals surface area contributed by atoms with Crippen LogP contribution < -0.4 is 21.3 Å². The average Bonchev–Trinajstić information content (AvgIpc) is 2.65. The van der Waals surface area contributed by atoms with E-state index in [1.165, 1.54) is 13.8 Å². The number of carbonyl (C=O) groups excluding carboxylic acids is 5. The summed E-state index contributed by atoms with van der Waals surface area (Å²) in [4.78, 5) is 69.2. The summed E-state index contributed by atoms with van der Waals surface area (Å²) in [5.41, 5.74) is 0. The Morgan fingerprint density at radius 2 is 1.45 bits per heavy atom. The topological polar surface area (TPSA) is 171 Å². The van der Waals surface area contributed by atoms with Gasteiger partial charge in [-0.25, -0.2) is 4.79 Å². The fraction of sp³-hybridized carbons (Fsp3) is 0.625. The number of hydrogen-bond acceptors (Lipinski definition) is 8. The molecule has 4 amide bonds. The van der Waals surface area contributed by atoms with E-state index < -0.39 is 60.7 Å². The van der Waals surface area contributed by atoms with E-state index in [4.69, 9.17) is 5.11 Å². The Bertz CT molecular complexity index is 645. The van der Waals surface area contributed by atoms with Crippen molar-refractivity contribution in [3.8, 4) is 0 Å². The highest BCUT2D eigenvalue weighted by molar-refractivity contribution is 7.80. The second-order valence-corrected chi connectivity index (χ2v) is 6.88. The van der Waals surface area contributed by atoms with Crippen LogP contribution in [-0.2, 0) is 28.8 Å². The zero-order valence-corrected chi connectivity index (χ0v) is 17.8. The van der Waals surface area contributed by atoms with Crippen molar-refractivity contribution in [2.45, 2.75) is 32.4 Å². The zero-order valence-electron chi connectivity index (χ0n) is 16.1. The Morgan fingerprint density at radius 1 is 0.862 bits per heavy atom. The third-order valence-corrected chi connectivity index (χ3v) is 4.37. The van der Waals surface area contributed by atoms with E-state index >= 15 is 0 Å². The van der Waals surface area contributed by atoms with Crippen LogP contribution in [0.2, 0.25) is 0 Å². The number of ketones is 1. The maximum absolute atomic E-state index is 12.0. The molecular formula is C16H26N4O7S2. The minimum absolute atomic E-state index is 0.00406. The van der Waals surface area contributed by atoms with Crippen molar-refractivity contribution in [3.05, 3.63) is 0 Å². The molecule has 3 atom stereocenters. The number of rotatable bonds is 13. The lowest BCUT2D eigenvalue weighted by molar-refractivity contribution is -0.141. The largest absolute Gasteiger partial charge is 0.480 e. The molecule has 13 heteroatoms. The maximum Gasteiger partial charge on any atom is 0.327 e. The molecule has 0 aliphatic carbocycles. The van der Waals surface area contributed by atoms with Crippen molar-refractivity contribution >= 4 is 60.6 Å². The van der Waals surface area contributed by atoms with Crippen LogP contribution in [0.25, 0.3) is 0 Å². The fourth-order valence-corrected chi connectivity index (χ4v) is 2.52. The van der Waals surface area contributed by atoms with E-state index in [-0.39, 0.29) is 23.7 Å². The van der Waals surface area contributed by atoms with Gasteiger partial charge in [-0.05, 0) is 13.8 Å². The first kappa shape index (κ1) is 26.7. The molecule has 0 aromatic carbocycles. The zero-order chi connectivity index (χ0) is 22.6. The number of nitrogens with one attached hydrogen (secondary N) is 4. The minimum Gasteiger partial charge on any atom is -0.480 e. The van der Waals surface area contributed by atoms with Gasteiger partial charge < -0.3 is 31.2 Å². The second-order valence-electron chi connectivity index (χ2n) is 6.15. The van der Waals surface area contributed by atoms with E-state index in [1.807, 2.05) is 0 Å². The standard InChI is InChI=1S/C16H26N4O7S2/c1-8(21)3-10(6-28)15(25)19-9(2)14(24)18-4-12(22)17-5-13(23)20-11(7-29)16(26)27/h9-11,28-29H,3-7H2,1-2H3,(H,17,22)(H,18,24)(H,19,25)(H,20,23)(H,26,27)/t9-,10-,11-/m0/s1. The van der Waals surface area contributed by atoms with Crippen LogP contribution >= 0.6 is 25.3 Å². The van der Waals surface area contributed by atoms with Gasteiger partial charge in [-0.15, -0.1) is 0 Å². The van der Waals surface area contributed by atoms with Crippen LogP contribution in [0.5, 0.6) is 0 Å². The molecule has 0 saturated heterocycles. The van der Waals surface area contributed by atoms with Crippen LogP contribution in [0.4, 0.5) is 0 Å². The monoisotopic (exact) mass is 450 g/mol. The third-order valence-electron chi connectivity index (χ3n) is 3.56. The first-order chi connectivity index (χ1) is 13.5. The van der Waals surface area contributed by atoms with Crippen molar-refractivity contribution in [2.75, 3.05) is 24.6 Å². The lowest BCUT2D eigenvalue weighted by Gasteiger charge is -2.18. The van der Waals surface area contributed by atoms with Gasteiger partial charge in [-0.1, -0.05) is 0 Å². The summed E-state index contributed by atoms with van der Waals surface area (Å²) in [5, 5.41) is 17.9. The summed E-state index contributed by atoms with van der Waals surface area (Å²) in [6, 6.07) is -2.14. The van der Waals surface area contributed by atoms with E-state index in [1.54, 1.807) is 0 Å². The Labute approximate surface area is 178 Å². The summed E-state index contributed by atoms with van der Waals surface area (Å²) in [7, 11) is 0. The predicted octanol–water partition coefficient (Wildman–Crippen LogP) is -2.25. The quantitative estimate of drug-likeness (QED) is 0.155. The molecule has 0 aliphatic heterocycles. The molecule has 11 nitrogen and oxygen atoms in total. The van der Waals surface area contributed by atoms with E-state index in [9.17, 15) is 28.8 Å². The number of Topliss-reactive ketones (excluding diaryl/α,β-unsaturated/α-hetero) is 1. The fourth-order valence-electron chi connectivity index (χ4n) is 1.98. The normalized spacial score (nSPS) is 13.4. The van der Waals surface area contributed by atoms with Crippen LogP contribution in [0, 0.1) is 5.92 Å². The van der Waals surface area contributed by atoms with Gasteiger partial charge in [0.05, 0.1) is 19.0 Å². The van der Waals surface area contributed by atoms with Gasteiger partial charge in [0.25, 0.3) is 0 Å². The van der Waals surface area contributed by atoms with Gasteiger partial charge >= 0.3 is 5.97 Å². The third kappa shape index (κ3) is 11.3. The summed E-state index contributed by atoms with van der Waals surface area (Å²) >= 11 is 7.80. The van der Waals surface area contributed by atoms with E-state index in [2.05, 4.69) is 46.5 Å². The molecule has 0 aliphatic rings. The van der Waals surface area contributed by atoms with Crippen molar-refractivity contribution in [2.24, 2.45) is 5.92 Å². The van der Waals surface area contributed by atoms with Crippen molar-refractivity contribution < 1.29 is 33.9 Å². The molecule has 164 valence electrons. The molecule has 29 heavy (non-hydrogen) atoms. The lowest BCUT2D eigenvalue weighted by Crippen LogP contribution is -2.50. The second kappa shape index (κ2) is 13.8. The highest BCUT2D eigenvalue weighted by atomic mass is 32.1. The van der Waals surface area contributed by atoms with Crippen LogP contribution in [-0.4, -0.2) is 77.2 Å². The van der Waals surface area contributed by atoms with Gasteiger partial charge in [-0.3, -0.25) is 19.2 Å². The first-order valence-corrected chi connectivity index (χ1v) is 9.86. The maximum atomic E-state index is 12.0. The molecule has 0 heterocycles. The van der Waals surface area contributed by atoms with Crippen LogP contribution in [0.3, 0.4) is 0 Å². The summed E-state index contributed by atoms with van der Waals surface area (Å²) in [6.45, 7) is 1.82. The Kier molecular flexibility index (Phi) is 12.7. The molecule has 0 bridgehead atoms. The number of aliphatic carboxylic acids is 1. The average molecular weight is 451 g/mol. The molecule has 0 saturated carbocycles. The Hall–Kier alpha value is -2.28. The predicted molar refractivity (Wildman–Crippen MR) is 110 cm³/mol. The molecule has 0 spiro atoms. The van der Waals surface area contributed by atoms with Gasteiger partial charge in [0.1, 0.15) is 17.9 Å². The Morgan fingerprint density at radius 3 is 1.93 bits per heavy atom. The van der Waals surface area contributed by atoms with Gasteiger partial charge in [-0.2, -0.15) is 25.3 Å². The highest BCUT2D eigenvalue weighted by Crippen LogP contribution is 2.07. The highest BCUT2D eigenvalue weighted by Gasteiger charge is 2.23. The SMILES string of the molecule is CC(=O)C[C@@H](CS)C(=O)N[C@@H](C)C(=O)NCC(=O)NCC(=O)N[C@@H](CS)C(=O)O. The summed E-state index contributed by atoms with van der Waals surface area (Å²) in [5.74, 6) is -4.64. The number of carbonyl (C=O) groups is 6. The molecule has 0 rings (SSSR count). The summed E-state index contributed by atoms with van der Waals surface area (Å²) < 4.78 is 0. The van der Waals surface area contributed by atoms with E-state index in [0.717, 1.165) is 0 Å². The molecule has 0 radical (unpaired) electrons. The smallest absolute Gasteiger partial charge is 0.327 e. The van der Waals surface area contributed by atoms with Gasteiger partial charge in [0.15, 0.2) is 0 Å². The molecule has 0 aromatic heterocycles. The number of carboxylic acids is 1. The molecule has 0 fully saturated rings. The van der Waals surface area contributed by atoms with Crippen molar-refractivity contribution in [3.63, 3.8) is 0 Å². The lowest BCUT2D eigenvalue weighted by atomic mass is 10.0. The number of hydrogen-bond donors (Lipinski definition) is 7. The van der Waals surface area contributed by atoms with Crippen molar-refractivity contribution in [1.29, 1.82) is 0 Å². The number of amides is 4. The van der Waals surface area contributed by atoms with Crippen LogP contribution in [0.1, 0.15) is 20.3 Å². The first-order valence-electron chi connectivity index (χ1n) is 8.59. The van der Waals surface area contributed by atoms with Gasteiger partial charge in [0, 0.05) is 17.9 Å². The molecule has 0 aromatic rings. The number of thiol groups is 2. The summed E-state index contributed by atoms with van der Waals surface area (Å²) in [6.07, 6.45) is 0.00406. The van der Waals surface area contributed by atoms with Crippen LogP contribution in [0.15, 0.2) is 0 Å². The van der Waals surface area contributed by atoms with Crippen molar-refractivity contribution in [1.82, 2.24) is 21.3 Å². The van der Waals surface area contributed by atoms with Gasteiger partial charge in [0.2, 0.25) is 23.6 Å². The molecular weight excluding hydrogens is 424 g/mol. The minimum atomic E-state index is -1.26. The number of carboxylic acid groups (broad SMARTS) is 1. The Balaban J connectivity index is 4.33.